The van der Waals surface area contributed by atoms with Gasteiger partial charge in [0.2, 0.25) is 11.9 Å². The van der Waals surface area contributed by atoms with Crippen LogP contribution in [0.4, 0.5) is 5.95 Å². The van der Waals surface area contributed by atoms with Crippen molar-refractivity contribution in [1.82, 2.24) is 15.2 Å². The maximum atomic E-state index is 12.2. The highest BCUT2D eigenvalue weighted by atomic mass is 32.2. The van der Waals surface area contributed by atoms with Crippen LogP contribution in [-0.2, 0) is 11.2 Å². The van der Waals surface area contributed by atoms with Gasteiger partial charge in [-0.1, -0.05) is 18.2 Å². The van der Waals surface area contributed by atoms with E-state index < -0.39 is 0 Å². The molecule has 7 heteroatoms. The molecule has 2 aromatic rings. The SMILES string of the molecule is CCOc1n[nH]c(NC(=O)C2Cc3ccccc3S2)n1. The summed E-state index contributed by atoms with van der Waals surface area (Å²) < 4.78 is 5.13. The lowest BCUT2D eigenvalue weighted by molar-refractivity contribution is -0.115. The van der Waals surface area contributed by atoms with Crippen LogP contribution in [0.25, 0.3) is 0 Å². The van der Waals surface area contributed by atoms with Crippen LogP contribution in [0.15, 0.2) is 29.2 Å². The zero-order valence-corrected chi connectivity index (χ0v) is 11.7. The molecule has 1 unspecified atom stereocenters. The Balaban J connectivity index is 1.63. The molecule has 0 aliphatic carbocycles. The minimum Gasteiger partial charge on any atom is -0.463 e. The number of hydrogen-bond acceptors (Lipinski definition) is 5. The molecule has 0 fully saturated rings. The van der Waals surface area contributed by atoms with Gasteiger partial charge < -0.3 is 4.74 Å². The highest BCUT2D eigenvalue weighted by molar-refractivity contribution is 8.01. The van der Waals surface area contributed by atoms with Crippen LogP contribution in [0.3, 0.4) is 0 Å². The molecule has 6 nitrogen and oxygen atoms in total. The number of aromatic nitrogens is 3. The second kappa shape index (κ2) is 5.54. The molecule has 2 heterocycles. The molecule has 1 aliphatic heterocycles. The lowest BCUT2D eigenvalue weighted by Crippen LogP contribution is -2.25. The molecule has 104 valence electrons. The smallest absolute Gasteiger partial charge is 0.337 e. The normalized spacial score (nSPS) is 16.8. The third kappa shape index (κ3) is 2.62. The van der Waals surface area contributed by atoms with Crippen LogP contribution in [0, 0.1) is 0 Å². The first-order chi connectivity index (χ1) is 9.76. The lowest BCUT2D eigenvalue weighted by atomic mass is 10.1. The number of rotatable bonds is 4. The van der Waals surface area contributed by atoms with Gasteiger partial charge in [-0.15, -0.1) is 16.9 Å². The number of H-pyrrole nitrogens is 1. The monoisotopic (exact) mass is 290 g/mol. The van der Waals surface area contributed by atoms with Gasteiger partial charge in [-0.2, -0.15) is 4.98 Å². The number of benzene rings is 1. The van der Waals surface area contributed by atoms with Gasteiger partial charge in [-0.05, 0) is 25.0 Å². The van der Waals surface area contributed by atoms with Crippen molar-refractivity contribution in [3.63, 3.8) is 0 Å². The van der Waals surface area contributed by atoms with Crippen LogP contribution in [0.2, 0.25) is 0 Å². The van der Waals surface area contributed by atoms with Crippen molar-refractivity contribution < 1.29 is 9.53 Å². The average molecular weight is 290 g/mol. The summed E-state index contributed by atoms with van der Waals surface area (Å²) >= 11 is 1.58. The van der Waals surface area contributed by atoms with E-state index in [0.29, 0.717) is 12.6 Å². The number of ether oxygens (including phenoxy) is 1. The fourth-order valence-electron chi connectivity index (χ4n) is 2.02. The van der Waals surface area contributed by atoms with E-state index in [1.807, 2.05) is 25.1 Å². The zero-order valence-electron chi connectivity index (χ0n) is 10.9. The highest BCUT2D eigenvalue weighted by Gasteiger charge is 2.28. The van der Waals surface area contributed by atoms with Crippen LogP contribution in [-0.4, -0.2) is 32.9 Å². The molecule has 1 aromatic carbocycles. The minimum absolute atomic E-state index is 0.0783. The van der Waals surface area contributed by atoms with Gasteiger partial charge in [0.15, 0.2) is 0 Å². The molecule has 1 aliphatic rings. The summed E-state index contributed by atoms with van der Waals surface area (Å²) in [5, 5.41) is 9.08. The number of carbonyl (C=O) groups excluding carboxylic acids is 1. The Morgan fingerprint density at radius 3 is 3.20 bits per heavy atom. The predicted molar refractivity (Wildman–Crippen MR) is 76.0 cm³/mol. The number of carbonyl (C=O) groups is 1. The molecule has 3 rings (SSSR count). The minimum atomic E-state index is -0.131. The largest absolute Gasteiger partial charge is 0.463 e. The van der Waals surface area contributed by atoms with Crippen molar-refractivity contribution in [2.75, 3.05) is 11.9 Å². The van der Waals surface area contributed by atoms with Crippen LogP contribution in [0.5, 0.6) is 6.01 Å². The average Bonchev–Trinajstić information content (AvgIpc) is 3.05. The van der Waals surface area contributed by atoms with E-state index in [-0.39, 0.29) is 17.2 Å². The van der Waals surface area contributed by atoms with E-state index in [1.54, 1.807) is 11.8 Å². The van der Waals surface area contributed by atoms with Crippen molar-refractivity contribution in [2.45, 2.75) is 23.5 Å². The number of amides is 1. The summed E-state index contributed by atoms with van der Waals surface area (Å²) in [6.45, 7) is 2.33. The Hall–Kier alpha value is -2.02. The molecule has 0 saturated heterocycles. The Morgan fingerprint density at radius 2 is 2.40 bits per heavy atom. The number of hydrogen-bond donors (Lipinski definition) is 2. The first kappa shape index (κ1) is 13.0. The topological polar surface area (TPSA) is 79.9 Å². The fourth-order valence-corrected chi connectivity index (χ4v) is 3.22. The quantitative estimate of drug-likeness (QED) is 0.898. The number of nitrogens with one attached hydrogen (secondary N) is 2. The standard InChI is InChI=1S/C13H14N4O2S/c1-2-19-13-15-12(16-17-13)14-11(18)10-7-8-5-3-4-6-9(8)20-10/h3-6,10H,2,7H2,1H3,(H2,14,15,16,17,18). The summed E-state index contributed by atoms with van der Waals surface area (Å²) in [5.41, 5.74) is 1.21. The van der Waals surface area contributed by atoms with Crippen molar-refractivity contribution in [3.05, 3.63) is 29.8 Å². The van der Waals surface area contributed by atoms with Gasteiger partial charge in [0.05, 0.1) is 11.9 Å². The molecule has 2 N–H and O–H groups in total. The molecule has 1 aromatic heterocycles. The van der Waals surface area contributed by atoms with E-state index in [1.165, 1.54) is 10.5 Å². The summed E-state index contributed by atoms with van der Waals surface area (Å²) in [4.78, 5) is 17.4. The molecule has 1 atom stereocenters. The Kier molecular flexibility index (Phi) is 3.60. The van der Waals surface area contributed by atoms with E-state index in [9.17, 15) is 4.79 Å². The first-order valence-corrected chi connectivity index (χ1v) is 7.25. The van der Waals surface area contributed by atoms with Gasteiger partial charge in [0.25, 0.3) is 0 Å². The molecule has 0 bridgehead atoms. The van der Waals surface area contributed by atoms with Gasteiger partial charge in [0.1, 0.15) is 0 Å². The van der Waals surface area contributed by atoms with Crippen molar-refractivity contribution in [3.8, 4) is 6.01 Å². The van der Waals surface area contributed by atoms with Crippen molar-refractivity contribution in [2.24, 2.45) is 0 Å². The fraction of sp³-hybridized carbons (Fsp3) is 0.308. The summed E-state index contributed by atoms with van der Waals surface area (Å²) in [6, 6.07) is 8.30. The van der Waals surface area contributed by atoms with Crippen molar-refractivity contribution >= 4 is 23.6 Å². The lowest BCUT2D eigenvalue weighted by Gasteiger charge is -2.06. The first-order valence-electron chi connectivity index (χ1n) is 6.37. The zero-order chi connectivity index (χ0) is 13.9. The maximum absolute atomic E-state index is 12.2. The third-order valence-corrected chi connectivity index (χ3v) is 4.24. The van der Waals surface area contributed by atoms with Crippen LogP contribution >= 0.6 is 11.8 Å². The number of anilines is 1. The Bertz CT molecular complexity index is 603. The van der Waals surface area contributed by atoms with Gasteiger partial charge >= 0.3 is 6.01 Å². The van der Waals surface area contributed by atoms with Crippen molar-refractivity contribution in [1.29, 1.82) is 0 Å². The Labute approximate surface area is 120 Å². The second-order valence-electron chi connectivity index (χ2n) is 4.31. The molecule has 0 saturated carbocycles. The van der Waals surface area contributed by atoms with Gasteiger partial charge in [-0.25, -0.2) is 5.10 Å². The number of fused-ring (bicyclic) bond motifs is 1. The summed E-state index contributed by atoms with van der Waals surface area (Å²) in [6.07, 6.45) is 0.735. The van der Waals surface area contributed by atoms with Crippen LogP contribution in [0.1, 0.15) is 12.5 Å². The van der Waals surface area contributed by atoms with Gasteiger partial charge in [-0.3, -0.25) is 10.1 Å². The molecule has 0 spiro atoms. The summed E-state index contributed by atoms with van der Waals surface area (Å²) in [5.74, 6) is 0.236. The number of aromatic amines is 1. The molecular weight excluding hydrogens is 276 g/mol. The maximum Gasteiger partial charge on any atom is 0.337 e. The van der Waals surface area contributed by atoms with E-state index >= 15 is 0 Å². The number of thioether (sulfide) groups is 1. The van der Waals surface area contributed by atoms with E-state index in [4.69, 9.17) is 4.74 Å². The summed E-state index contributed by atoms with van der Waals surface area (Å²) in [7, 11) is 0. The second-order valence-corrected chi connectivity index (χ2v) is 5.55. The molecule has 0 radical (unpaired) electrons. The molecular formula is C13H14N4O2S. The van der Waals surface area contributed by atoms with E-state index in [0.717, 1.165) is 6.42 Å². The number of nitrogens with zero attached hydrogens (tertiary/aromatic N) is 2. The molecule has 20 heavy (non-hydrogen) atoms. The highest BCUT2D eigenvalue weighted by Crippen LogP contribution is 2.37. The Morgan fingerprint density at radius 1 is 1.55 bits per heavy atom. The van der Waals surface area contributed by atoms with E-state index in [2.05, 4.69) is 26.6 Å². The van der Waals surface area contributed by atoms with Gasteiger partial charge in [0, 0.05) is 4.90 Å². The van der Waals surface area contributed by atoms with Crippen LogP contribution < -0.4 is 10.1 Å². The third-order valence-electron chi connectivity index (χ3n) is 2.92. The predicted octanol–water partition coefficient (Wildman–Crippen LogP) is 1.86. The molecule has 1 amide bonds.